The van der Waals surface area contributed by atoms with E-state index in [1.807, 2.05) is 5.43 Å². The molecule has 0 aliphatic carbocycles. The zero-order chi connectivity index (χ0) is 21.4. The molecule has 0 saturated heterocycles. The van der Waals surface area contributed by atoms with Gasteiger partial charge in [-0.25, -0.2) is 4.79 Å². The maximum absolute atomic E-state index is 12.6. The van der Waals surface area contributed by atoms with Gasteiger partial charge in [-0.05, 0) is 42.5 Å². The average Bonchev–Trinajstić information content (AvgIpc) is 2.69. The minimum absolute atomic E-state index is 0.184. The second-order valence-corrected chi connectivity index (χ2v) is 5.92. The van der Waals surface area contributed by atoms with Crippen LogP contribution in [0.1, 0.15) is 15.9 Å². The number of rotatable bonds is 6. The predicted molar refractivity (Wildman–Crippen MR) is 95.0 cm³/mol. The number of halogens is 4. The molecule has 0 aliphatic heterocycles. The fraction of sp³-hybridized carbons (Fsp3) is 0.167. The van der Waals surface area contributed by atoms with Crippen LogP contribution >= 0.6 is 11.6 Å². The molecule has 0 radical (unpaired) electrons. The lowest BCUT2D eigenvalue weighted by molar-refractivity contribution is -0.150. The third-order valence-electron chi connectivity index (χ3n) is 3.30. The Labute approximate surface area is 167 Å². The van der Waals surface area contributed by atoms with Crippen molar-refractivity contribution in [3.8, 4) is 5.75 Å². The smallest absolute Gasteiger partial charge is 0.416 e. The van der Waals surface area contributed by atoms with Crippen LogP contribution in [0.5, 0.6) is 5.75 Å². The minimum Gasteiger partial charge on any atom is -0.482 e. The zero-order valence-electron chi connectivity index (χ0n) is 14.6. The monoisotopic (exact) mass is 430 g/mol. The number of benzene rings is 2. The van der Waals surface area contributed by atoms with E-state index in [0.29, 0.717) is 5.02 Å². The molecule has 2 aromatic rings. The second-order valence-electron chi connectivity index (χ2n) is 5.48. The molecule has 11 heteroatoms. The van der Waals surface area contributed by atoms with Crippen molar-refractivity contribution in [1.82, 2.24) is 10.9 Å². The first-order chi connectivity index (χ1) is 13.6. The van der Waals surface area contributed by atoms with E-state index in [2.05, 4.69) is 10.2 Å². The van der Waals surface area contributed by atoms with Gasteiger partial charge in [-0.15, -0.1) is 0 Å². The van der Waals surface area contributed by atoms with Gasteiger partial charge < -0.3 is 9.47 Å². The van der Waals surface area contributed by atoms with Gasteiger partial charge in [0.1, 0.15) is 5.75 Å². The molecular formula is C18H14ClF3N2O5. The highest BCUT2D eigenvalue weighted by Crippen LogP contribution is 2.31. The largest absolute Gasteiger partial charge is 0.482 e. The summed E-state index contributed by atoms with van der Waals surface area (Å²) in [6.07, 6.45) is -4.55. The van der Waals surface area contributed by atoms with E-state index in [9.17, 15) is 27.6 Å². The number of carbonyl (C=O) groups excluding carboxylic acids is 3. The van der Waals surface area contributed by atoms with Crippen LogP contribution in [0.15, 0.2) is 48.5 Å². The van der Waals surface area contributed by atoms with Crippen molar-refractivity contribution in [3.63, 3.8) is 0 Å². The standard InChI is InChI=1S/C18H14ClF3N2O5/c19-13-6-4-11(5-7-13)17(27)24-23-15(25)9-29-16(26)10-28-14-3-1-2-12(8-14)18(20,21)22/h1-8H,9-10H2,(H,23,25)(H,24,27). The number of amides is 2. The van der Waals surface area contributed by atoms with E-state index in [0.717, 1.165) is 18.2 Å². The highest BCUT2D eigenvalue weighted by Gasteiger charge is 2.30. The number of ether oxygens (including phenoxy) is 2. The first kappa shape index (κ1) is 22.0. The summed E-state index contributed by atoms with van der Waals surface area (Å²) in [7, 11) is 0. The quantitative estimate of drug-likeness (QED) is 0.543. The van der Waals surface area contributed by atoms with Crippen LogP contribution in [0, 0.1) is 0 Å². The lowest BCUT2D eigenvalue weighted by Crippen LogP contribution is -2.43. The summed E-state index contributed by atoms with van der Waals surface area (Å²) in [5, 5.41) is 0.435. The molecule has 0 saturated carbocycles. The van der Waals surface area contributed by atoms with Gasteiger partial charge in [0.25, 0.3) is 11.8 Å². The second kappa shape index (κ2) is 9.78. The first-order valence-corrected chi connectivity index (χ1v) is 8.33. The molecule has 2 rings (SSSR count). The van der Waals surface area contributed by atoms with E-state index in [1.54, 1.807) is 0 Å². The molecule has 0 atom stereocenters. The number of nitrogens with one attached hydrogen (secondary N) is 2. The lowest BCUT2D eigenvalue weighted by atomic mass is 10.2. The molecule has 0 aromatic heterocycles. The molecule has 2 aromatic carbocycles. The van der Waals surface area contributed by atoms with E-state index in [-0.39, 0.29) is 11.3 Å². The van der Waals surface area contributed by atoms with Crippen LogP contribution < -0.4 is 15.6 Å². The maximum atomic E-state index is 12.6. The van der Waals surface area contributed by atoms with E-state index >= 15 is 0 Å². The number of esters is 1. The van der Waals surface area contributed by atoms with Gasteiger partial charge >= 0.3 is 12.1 Å². The maximum Gasteiger partial charge on any atom is 0.416 e. The molecule has 29 heavy (non-hydrogen) atoms. The Hall–Kier alpha value is -3.27. The van der Waals surface area contributed by atoms with Crippen LogP contribution in [0.2, 0.25) is 5.02 Å². The molecule has 0 fully saturated rings. The summed E-state index contributed by atoms with van der Waals surface area (Å²) in [4.78, 5) is 34.9. The molecule has 0 spiro atoms. The molecule has 154 valence electrons. The summed E-state index contributed by atoms with van der Waals surface area (Å²) >= 11 is 5.70. The van der Waals surface area contributed by atoms with Gasteiger partial charge in [-0.1, -0.05) is 17.7 Å². The number of hydrazine groups is 1. The minimum atomic E-state index is -4.55. The fourth-order valence-corrected chi connectivity index (χ4v) is 2.05. The number of hydrogen-bond donors (Lipinski definition) is 2. The normalized spacial score (nSPS) is 10.8. The molecule has 2 amide bonds. The molecule has 0 heterocycles. The topological polar surface area (TPSA) is 93.7 Å². The molecular weight excluding hydrogens is 417 g/mol. The Morgan fingerprint density at radius 2 is 1.66 bits per heavy atom. The van der Waals surface area contributed by atoms with Crippen molar-refractivity contribution in [3.05, 3.63) is 64.7 Å². The summed E-state index contributed by atoms with van der Waals surface area (Å²) < 4.78 is 47.3. The Morgan fingerprint density at radius 3 is 2.31 bits per heavy atom. The first-order valence-electron chi connectivity index (χ1n) is 7.95. The highest BCUT2D eigenvalue weighted by atomic mass is 35.5. The van der Waals surface area contributed by atoms with Gasteiger partial charge in [0.05, 0.1) is 5.56 Å². The Balaban J connectivity index is 1.71. The van der Waals surface area contributed by atoms with Gasteiger partial charge in [0.2, 0.25) is 0 Å². The Bertz CT molecular complexity index is 888. The molecule has 7 nitrogen and oxygen atoms in total. The average molecular weight is 431 g/mol. The van der Waals surface area contributed by atoms with Crippen molar-refractivity contribution in [1.29, 1.82) is 0 Å². The van der Waals surface area contributed by atoms with Gasteiger partial charge in [0.15, 0.2) is 13.2 Å². The zero-order valence-corrected chi connectivity index (χ0v) is 15.3. The van der Waals surface area contributed by atoms with Crippen LogP contribution in [0.3, 0.4) is 0 Å². The van der Waals surface area contributed by atoms with Crippen LogP contribution in [0.25, 0.3) is 0 Å². The summed E-state index contributed by atoms with van der Waals surface area (Å²) in [6.45, 7) is -1.43. The number of hydrogen-bond acceptors (Lipinski definition) is 5. The van der Waals surface area contributed by atoms with Gasteiger partial charge in [-0.3, -0.25) is 20.4 Å². The Kier molecular flexibility index (Phi) is 7.43. The van der Waals surface area contributed by atoms with Crippen LogP contribution in [-0.4, -0.2) is 31.0 Å². The lowest BCUT2D eigenvalue weighted by Gasteiger charge is -2.10. The van der Waals surface area contributed by atoms with Crippen molar-refractivity contribution in [2.24, 2.45) is 0 Å². The van der Waals surface area contributed by atoms with E-state index < -0.39 is 42.7 Å². The number of alkyl halides is 3. The summed E-state index contributed by atoms with van der Waals surface area (Å²) in [5.74, 6) is -2.62. The van der Waals surface area contributed by atoms with E-state index in [4.69, 9.17) is 16.3 Å². The SMILES string of the molecule is O=C(COC(=O)COc1cccc(C(F)(F)F)c1)NNC(=O)c1ccc(Cl)cc1. The van der Waals surface area contributed by atoms with Crippen molar-refractivity contribution in [2.45, 2.75) is 6.18 Å². The van der Waals surface area contributed by atoms with E-state index in [1.165, 1.54) is 30.3 Å². The summed E-state index contributed by atoms with van der Waals surface area (Å²) in [6, 6.07) is 9.81. The number of carbonyl (C=O) groups is 3. The Morgan fingerprint density at radius 1 is 0.966 bits per heavy atom. The molecule has 0 unspecified atom stereocenters. The predicted octanol–water partition coefficient (Wildman–Crippen LogP) is 2.74. The van der Waals surface area contributed by atoms with Crippen molar-refractivity contribution < 1.29 is 37.0 Å². The van der Waals surface area contributed by atoms with Crippen molar-refractivity contribution >= 4 is 29.4 Å². The fourth-order valence-electron chi connectivity index (χ4n) is 1.93. The summed E-state index contributed by atoms with van der Waals surface area (Å²) in [5.41, 5.74) is 3.45. The van der Waals surface area contributed by atoms with Gasteiger partial charge in [0, 0.05) is 10.6 Å². The molecule has 0 bridgehead atoms. The van der Waals surface area contributed by atoms with Gasteiger partial charge in [-0.2, -0.15) is 13.2 Å². The van der Waals surface area contributed by atoms with Crippen molar-refractivity contribution in [2.75, 3.05) is 13.2 Å². The third-order valence-corrected chi connectivity index (χ3v) is 3.56. The molecule has 2 N–H and O–H groups in total. The third kappa shape index (κ3) is 7.34. The molecule has 0 aliphatic rings. The highest BCUT2D eigenvalue weighted by molar-refractivity contribution is 6.30. The van der Waals surface area contributed by atoms with Crippen LogP contribution in [-0.2, 0) is 20.5 Å². The van der Waals surface area contributed by atoms with Crippen LogP contribution in [0.4, 0.5) is 13.2 Å².